The van der Waals surface area contributed by atoms with Gasteiger partial charge < -0.3 is 31.9 Å². The molecule has 4 atom stereocenters. The van der Waals surface area contributed by atoms with E-state index in [0.29, 0.717) is 12.2 Å². The molecule has 0 heterocycles. The van der Waals surface area contributed by atoms with Gasteiger partial charge in [-0.25, -0.2) is 4.79 Å². The average molecular weight is 481 g/mol. The van der Waals surface area contributed by atoms with Crippen molar-refractivity contribution in [2.24, 2.45) is 11.7 Å². The second-order valence-electron chi connectivity index (χ2n) is 7.32. The number of carbonyl (C=O) groups excluding carboxylic acids is 3. The fourth-order valence-electron chi connectivity index (χ4n) is 2.47. The predicted octanol–water partition coefficient (Wildman–Crippen LogP) is -0.944. The van der Waals surface area contributed by atoms with Gasteiger partial charge >= 0.3 is 11.9 Å². The van der Waals surface area contributed by atoms with E-state index in [-0.39, 0.29) is 18.1 Å². The van der Waals surface area contributed by atoms with Crippen LogP contribution in [0.1, 0.15) is 33.1 Å². The molecule has 0 aliphatic carbocycles. The van der Waals surface area contributed by atoms with Crippen molar-refractivity contribution >= 4 is 54.1 Å². The number of carboxylic acids is 2. The number of nitrogens with one attached hydrogen (secondary N) is 3. The molecular formula is C18H32N4O7S2. The van der Waals surface area contributed by atoms with Gasteiger partial charge in [0, 0.05) is 5.75 Å². The fourth-order valence-corrected chi connectivity index (χ4v) is 3.22. The number of hydrogen-bond donors (Lipinski definition) is 7. The highest BCUT2D eigenvalue weighted by Gasteiger charge is 2.30. The highest BCUT2D eigenvalue weighted by Crippen LogP contribution is 2.07. The lowest BCUT2D eigenvalue weighted by molar-refractivity contribution is -0.147. The zero-order valence-electron chi connectivity index (χ0n) is 17.8. The molecular weight excluding hydrogens is 448 g/mol. The number of thioether (sulfide) groups is 1. The molecule has 0 bridgehead atoms. The van der Waals surface area contributed by atoms with Gasteiger partial charge in [0.2, 0.25) is 17.7 Å². The summed E-state index contributed by atoms with van der Waals surface area (Å²) < 4.78 is 0. The Morgan fingerprint density at radius 3 is 1.90 bits per heavy atom. The number of hydrogen-bond acceptors (Lipinski definition) is 8. The Labute approximate surface area is 191 Å². The van der Waals surface area contributed by atoms with E-state index < -0.39 is 60.2 Å². The van der Waals surface area contributed by atoms with E-state index in [1.807, 2.05) is 20.1 Å². The lowest BCUT2D eigenvalue weighted by Gasteiger charge is -2.25. The minimum Gasteiger partial charge on any atom is -0.481 e. The molecule has 0 saturated heterocycles. The number of aliphatic carboxylic acids is 2. The summed E-state index contributed by atoms with van der Waals surface area (Å²) in [4.78, 5) is 59.3. The van der Waals surface area contributed by atoms with E-state index in [0.717, 1.165) is 0 Å². The van der Waals surface area contributed by atoms with Gasteiger partial charge in [-0.1, -0.05) is 13.8 Å². The van der Waals surface area contributed by atoms with Crippen LogP contribution in [0, 0.1) is 5.92 Å². The number of thiol groups is 1. The van der Waals surface area contributed by atoms with E-state index in [2.05, 4.69) is 28.6 Å². The summed E-state index contributed by atoms with van der Waals surface area (Å²) in [6.45, 7) is 3.71. The van der Waals surface area contributed by atoms with Crippen LogP contribution in [-0.2, 0) is 24.0 Å². The molecule has 7 N–H and O–H groups in total. The van der Waals surface area contributed by atoms with Crippen molar-refractivity contribution in [3.63, 3.8) is 0 Å². The summed E-state index contributed by atoms with van der Waals surface area (Å²) in [5.41, 5.74) is 5.84. The summed E-state index contributed by atoms with van der Waals surface area (Å²) in [7, 11) is 0. The summed E-state index contributed by atoms with van der Waals surface area (Å²) in [6, 6.07) is -4.64. The molecule has 3 amide bonds. The molecule has 0 radical (unpaired) electrons. The molecule has 0 aliphatic heterocycles. The fraction of sp³-hybridized carbons (Fsp3) is 0.722. The third-order valence-corrected chi connectivity index (χ3v) is 5.13. The Morgan fingerprint density at radius 2 is 1.45 bits per heavy atom. The Balaban J connectivity index is 5.21. The highest BCUT2D eigenvalue weighted by molar-refractivity contribution is 7.98. The minimum atomic E-state index is -1.66. The predicted molar refractivity (Wildman–Crippen MR) is 120 cm³/mol. The Hall–Kier alpha value is -1.99. The molecule has 31 heavy (non-hydrogen) atoms. The van der Waals surface area contributed by atoms with Crippen LogP contribution >= 0.6 is 24.4 Å². The Morgan fingerprint density at radius 1 is 0.935 bits per heavy atom. The van der Waals surface area contributed by atoms with Crippen molar-refractivity contribution in [2.75, 3.05) is 17.8 Å². The van der Waals surface area contributed by atoms with Crippen LogP contribution in [0.5, 0.6) is 0 Å². The van der Waals surface area contributed by atoms with Gasteiger partial charge in [-0.3, -0.25) is 19.2 Å². The SMILES string of the molecule is CSCCC(N)C(=O)NC(CC(C)C)C(=O)NC(CS)C(=O)NC(CC(=O)O)C(=O)O. The highest BCUT2D eigenvalue weighted by atomic mass is 32.2. The van der Waals surface area contributed by atoms with Crippen molar-refractivity contribution in [1.82, 2.24) is 16.0 Å². The summed E-state index contributed by atoms with van der Waals surface area (Å²) in [6.07, 6.45) is 1.78. The molecule has 11 nitrogen and oxygen atoms in total. The maximum atomic E-state index is 12.7. The first-order valence-corrected chi connectivity index (χ1v) is 11.7. The normalized spacial score (nSPS) is 14.8. The van der Waals surface area contributed by atoms with Gasteiger partial charge in [-0.15, -0.1) is 0 Å². The van der Waals surface area contributed by atoms with Crippen LogP contribution in [0.15, 0.2) is 0 Å². The summed E-state index contributed by atoms with van der Waals surface area (Å²) >= 11 is 5.54. The van der Waals surface area contributed by atoms with Crippen LogP contribution in [0.25, 0.3) is 0 Å². The van der Waals surface area contributed by atoms with Gasteiger partial charge in [0.1, 0.15) is 18.1 Å². The zero-order valence-corrected chi connectivity index (χ0v) is 19.5. The standard InChI is InChI=1S/C18H32N4O7S2/c1-9(2)6-11(20-15(25)10(19)4-5-31-3)16(26)22-13(8-30)17(27)21-12(18(28)29)7-14(23)24/h9-13,30H,4-8,19H2,1-3H3,(H,20,25)(H,21,27)(H,22,26)(H,23,24)(H,28,29). The van der Waals surface area contributed by atoms with Crippen molar-refractivity contribution in [1.29, 1.82) is 0 Å². The van der Waals surface area contributed by atoms with Crippen LogP contribution in [0.2, 0.25) is 0 Å². The van der Waals surface area contributed by atoms with Crippen molar-refractivity contribution in [3.05, 3.63) is 0 Å². The molecule has 0 aromatic heterocycles. The monoisotopic (exact) mass is 480 g/mol. The molecule has 0 spiro atoms. The van der Waals surface area contributed by atoms with Gasteiger partial charge in [0.25, 0.3) is 0 Å². The second kappa shape index (κ2) is 14.9. The lowest BCUT2D eigenvalue weighted by atomic mass is 10.0. The molecule has 0 aliphatic rings. The number of nitrogens with two attached hydrogens (primary N) is 1. The van der Waals surface area contributed by atoms with E-state index in [9.17, 15) is 24.0 Å². The Kier molecular flexibility index (Phi) is 14.0. The summed E-state index contributed by atoms with van der Waals surface area (Å²) in [5.74, 6) is -4.43. The van der Waals surface area contributed by atoms with Crippen LogP contribution < -0.4 is 21.7 Å². The molecule has 0 rings (SSSR count). The van der Waals surface area contributed by atoms with Crippen LogP contribution in [0.4, 0.5) is 0 Å². The largest absolute Gasteiger partial charge is 0.481 e. The quantitative estimate of drug-likeness (QED) is 0.145. The molecule has 4 unspecified atom stereocenters. The van der Waals surface area contributed by atoms with Gasteiger partial charge in [-0.2, -0.15) is 24.4 Å². The van der Waals surface area contributed by atoms with Crippen molar-refractivity contribution in [3.8, 4) is 0 Å². The number of carboxylic acid groups (broad SMARTS) is 2. The van der Waals surface area contributed by atoms with E-state index in [1.54, 1.807) is 0 Å². The van der Waals surface area contributed by atoms with Crippen molar-refractivity contribution < 1.29 is 34.2 Å². The third kappa shape index (κ3) is 11.8. The number of rotatable bonds is 15. The van der Waals surface area contributed by atoms with Crippen LogP contribution in [-0.4, -0.2) is 81.8 Å². The molecule has 0 aromatic rings. The maximum Gasteiger partial charge on any atom is 0.326 e. The van der Waals surface area contributed by atoms with Crippen LogP contribution in [0.3, 0.4) is 0 Å². The third-order valence-electron chi connectivity index (χ3n) is 4.12. The smallest absolute Gasteiger partial charge is 0.326 e. The first-order chi connectivity index (χ1) is 14.4. The van der Waals surface area contributed by atoms with E-state index in [4.69, 9.17) is 15.9 Å². The molecule has 13 heteroatoms. The minimum absolute atomic E-state index is 0.0358. The number of amides is 3. The molecule has 0 aromatic carbocycles. The maximum absolute atomic E-state index is 12.7. The van der Waals surface area contributed by atoms with E-state index >= 15 is 0 Å². The van der Waals surface area contributed by atoms with Gasteiger partial charge in [0.05, 0.1) is 12.5 Å². The van der Waals surface area contributed by atoms with Gasteiger partial charge in [0.15, 0.2) is 0 Å². The first-order valence-electron chi connectivity index (χ1n) is 9.63. The lowest BCUT2D eigenvalue weighted by Crippen LogP contribution is -2.58. The molecule has 178 valence electrons. The molecule has 0 fully saturated rings. The second-order valence-corrected chi connectivity index (χ2v) is 8.67. The van der Waals surface area contributed by atoms with Gasteiger partial charge in [-0.05, 0) is 30.8 Å². The zero-order chi connectivity index (χ0) is 24.1. The summed E-state index contributed by atoms with van der Waals surface area (Å²) in [5, 5.41) is 24.9. The average Bonchev–Trinajstić information content (AvgIpc) is 2.67. The number of carbonyl (C=O) groups is 5. The van der Waals surface area contributed by atoms with E-state index in [1.165, 1.54) is 11.8 Å². The Bertz CT molecular complexity index is 648. The van der Waals surface area contributed by atoms with Crippen molar-refractivity contribution in [2.45, 2.75) is 57.3 Å². The molecule has 0 saturated carbocycles. The first kappa shape index (κ1) is 29.0. The topological polar surface area (TPSA) is 188 Å².